The molecule has 1 aliphatic heterocycles. The van der Waals surface area contributed by atoms with Crippen LogP contribution in [0.5, 0.6) is 0 Å². The molecule has 1 saturated heterocycles. The number of hydrogen-bond donors (Lipinski definition) is 1. The molecule has 2 heterocycles. The van der Waals surface area contributed by atoms with Crippen molar-refractivity contribution in [1.82, 2.24) is 15.0 Å². The average molecular weight is 285 g/mol. The molecule has 0 radical (unpaired) electrons. The molecule has 2 fully saturated rings. The summed E-state index contributed by atoms with van der Waals surface area (Å²) < 4.78 is 5.36. The molecule has 5 heteroatoms. The van der Waals surface area contributed by atoms with Crippen LogP contribution in [0.1, 0.15) is 18.7 Å². The molecule has 0 amide bonds. The third-order valence-corrected chi connectivity index (χ3v) is 4.75. The fourth-order valence-electron chi connectivity index (χ4n) is 3.67. The van der Waals surface area contributed by atoms with E-state index in [0.717, 1.165) is 31.5 Å². The zero-order chi connectivity index (χ0) is 14.2. The van der Waals surface area contributed by atoms with Crippen LogP contribution in [0.4, 0.5) is 0 Å². The number of benzene rings is 1. The average Bonchev–Trinajstić information content (AvgIpc) is 3.19. The summed E-state index contributed by atoms with van der Waals surface area (Å²) in [5.74, 6) is 2.37. The Kier molecular flexibility index (Phi) is 3.24. The van der Waals surface area contributed by atoms with E-state index in [0.29, 0.717) is 30.1 Å². The SMILES string of the molecule is OC1CCC2CN(Cc3nc(-c4ccccc4)no3)CC12. The molecular formula is C16H19N3O2. The highest BCUT2D eigenvalue weighted by Crippen LogP contribution is 2.38. The van der Waals surface area contributed by atoms with Gasteiger partial charge in [-0.3, -0.25) is 4.90 Å². The molecule has 0 bridgehead atoms. The van der Waals surface area contributed by atoms with E-state index in [1.807, 2.05) is 30.3 Å². The molecule has 110 valence electrons. The van der Waals surface area contributed by atoms with Crippen LogP contribution in [-0.4, -0.2) is 39.3 Å². The number of fused-ring (bicyclic) bond motifs is 1. The first-order valence-electron chi connectivity index (χ1n) is 7.58. The molecule has 1 aromatic heterocycles. The van der Waals surface area contributed by atoms with E-state index in [4.69, 9.17) is 4.52 Å². The Morgan fingerprint density at radius 2 is 2.05 bits per heavy atom. The Morgan fingerprint density at radius 1 is 1.19 bits per heavy atom. The Bertz CT molecular complexity index is 613. The predicted octanol–water partition coefficient (Wildman–Crippen LogP) is 1.94. The second-order valence-corrected chi connectivity index (χ2v) is 6.14. The minimum absolute atomic E-state index is 0.123. The van der Waals surface area contributed by atoms with Gasteiger partial charge in [0, 0.05) is 24.6 Å². The molecule has 3 atom stereocenters. The number of nitrogens with zero attached hydrogens (tertiary/aromatic N) is 3. The highest BCUT2D eigenvalue weighted by atomic mass is 16.5. The summed E-state index contributed by atoms with van der Waals surface area (Å²) in [6, 6.07) is 9.86. The summed E-state index contributed by atoms with van der Waals surface area (Å²) >= 11 is 0. The number of aliphatic hydroxyl groups is 1. The quantitative estimate of drug-likeness (QED) is 0.933. The minimum Gasteiger partial charge on any atom is -0.393 e. The van der Waals surface area contributed by atoms with Crippen molar-refractivity contribution in [2.24, 2.45) is 11.8 Å². The summed E-state index contributed by atoms with van der Waals surface area (Å²) in [6.45, 7) is 2.65. The lowest BCUT2D eigenvalue weighted by atomic mass is 10.00. The van der Waals surface area contributed by atoms with E-state index in [2.05, 4.69) is 15.0 Å². The van der Waals surface area contributed by atoms with Gasteiger partial charge in [0.2, 0.25) is 11.7 Å². The van der Waals surface area contributed by atoms with Gasteiger partial charge in [-0.25, -0.2) is 0 Å². The second-order valence-electron chi connectivity index (χ2n) is 6.14. The molecular weight excluding hydrogens is 266 g/mol. The maximum absolute atomic E-state index is 9.96. The van der Waals surface area contributed by atoms with Crippen LogP contribution >= 0.6 is 0 Å². The Labute approximate surface area is 123 Å². The second kappa shape index (κ2) is 5.24. The largest absolute Gasteiger partial charge is 0.393 e. The third-order valence-electron chi connectivity index (χ3n) is 4.75. The van der Waals surface area contributed by atoms with Gasteiger partial charge in [-0.15, -0.1) is 0 Å². The standard InChI is InChI=1S/C16H19N3O2/c20-14-7-6-12-8-19(9-13(12)14)10-15-17-16(18-21-15)11-4-2-1-3-5-11/h1-5,12-14,20H,6-10H2. The van der Waals surface area contributed by atoms with Crippen molar-refractivity contribution in [3.8, 4) is 11.4 Å². The first-order chi connectivity index (χ1) is 10.3. The molecule has 2 aromatic rings. The molecule has 1 saturated carbocycles. The lowest BCUT2D eigenvalue weighted by Gasteiger charge is -2.15. The molecule has 0 spiro atoms. The van der Waals surface area contributed by atoms with Crippen LogP contribution in [0.15, 0.2) is 34.9 Å². The van der Waals surface area contributed by atoms with E-state index in [1.54, 1.807) is 0 Å². The smallest absolute Gasteiger partial charge is 0.241 e. The van der Waals surface area contributed by atoms with Crippen molar-refractivity contribution in [1.29, 1.82) is 0 Å². The van der Waals surface area contributed by atoms with Gasteiger partial charge in [0.25, 0.3) is 0 Å². The van der Waals surface area contributed by atoms with Gasteiger partial charge in [0.15, 0.2) is 0 Å². The van der Waals surface area contributed by atoms with Crippen molar-refractivity contribution < 1.29 is 9.63 Å². The maximum atomic E-state index is 9.96. The molecule has 1 N–H and O–H groups in total. The molecule has 2 aliphatic rings. The van der Waals surface area contributed by atoms with E-state index in [1.165, 1.54) is 0 Å². The zero-order valence-electron chi connectivity index (χ0n) is 11.9. The minimum atomic E-state index is -0.123. The van der Waals surface area contributed by atoms with Crippen LogP contribution in [0.2, 0.25) is 0 Å². The Morgan fingerprint density at radius 3 is 2.86 bits per heavy atom. The maximum Gasteiger partial charge on any atom is 0.241 e. The summed E-state index contributed by atoms with van der Waals surface area (Å²) in [7, 11) is 0. The number of likely N-dealkylation sites (tertiary alicyclic amines) is 1. The summed E-state index contributed by atoms with van der Waals surface area (Å²) in [5, 5.41) is 14.0. The highest BCUT2D eigenvalue weighted by molar-refractivity contribution is 5.53. The molecule has 1 aliphatic carbocycles. The first kappa shape index (κ1) is 13.0. The van der Waals surface area contributed by atoms with E-state index in [9.17, 15) is 5.11 Å². The van der Waals surface area contributed by atoms with Gasteiger partial charge in [-0.2, -0.15) is 4.98 Å². The summed E-state index contributed by atoms with van der Waals surface area (Å²) in [4.78, 5) is 6.79. The number of aliphatic hydroxyl groups excluding tert-OH is 1. The monoisotopic (exact) mass is 285 g/mol. The highest BCUT2D eigenvalue weighted by Gasteiger charge is 2.41. The van der Waals surface area contributed by atoms with Crippen molar-refractivity contribution in [3.63, 3.8) is 0 Å². The van der Waals surface area contributed by atoms with Gasteiger partial charge < -0.3 is 9.63 Å². The molecule has 3 unspecified atom stereocenters. The molecule has 4 rings (SSSR count). The normalized spacial score (nSPS) is 28.9. The zero-order valence-corrected chi connectivity index (χ0v) is 11.9. The number of rotatable bonds is 3. The van der Waals surface area contributed by atoms with Crippen molar-refractivity contribution >= 4 is 0 Å². The van der Waals surface area contributed by atoms with Crippen molar-refractivity contribution in [2.45, 2.75) is 25.5 Å². The van der Waals surface area contributed by atoms with Crippen LogP contribution in [0.25, 0.3) is 11.4 Å². The van der Waals surface area contributed by atoms with Crippen LogP contribution in [0, 0.1) is 11.8 Å². The predicted molar refractivity (Wildman–Crippen MR) is 77.2 cm³/mol. The molecule has 5 nitrogen and oxygen atoms in total. The fourth-order valence-corrected chi connectivity index (χ4v) is 3.67. The Balaban J connectivity index is 1.44. The van der Waals surface area contributed by atoms with E-state index >= 15 is 0 Å². The van der Waals surface area contributed by atoms with Gasteiger partial charge in [0.05, 0.1) is 12.6 Å². The molecule has 21 heavy (non-hydrogen) atoms. The van der Waals surface area contributed by atoms with Crippen LogP contribution in [0.3, 0.4) is 0 Å². The van der Waals surface area contributed by atoms with Crippen molar-refractivity contribution in [2.75, 3.05) is 13.1 Å². The topological polar surface area (TPSA) is 62.4 Å². The first-order valence-corrected chi connectivity index (χ1v) is 7.58. The van der Waals surface area contributed by atoms with E-state index < -0.39 is 0 Å². The third kappa shape index (κ3) is 2.47. The lowest BCUT2D eigenvalue weighted by molar-refractivity contribution is 0.122. The van der Waals surface area contributed by atoms with E-state index in [-0.39, 0.29) is 6.10 Å². The summed E-state index contributed by atoms with van der Waals surface area (Å²) in [6.07, 6.45) is 1.98. The number of aromatic nitrogens is 2. The lowest BCUT2D eigenvalue weighted by Crippen LogP contribution is -2.24. The van der Waals surface area contributed by atoms with Crippen LogP contribution in [-0.2, 0) is 6.54 Å². The Hall–Kier alpha value is -1.72. The fraction of sp³-hybridized carbons (Fsp3) is 0.500. The molecule has 1 aromatic carbocycles. The van der Waals surface area contributed by atoms with Gasteiger partial charge in [-0.1, -0.05) is 35.5 Å². The van der Waals surface area contributed by atoms with Gasteiger partial charge in [-0.05, 0) is 18.8 Å². The van der Waals surface area contributed by atoms with Gasteiger partial charge in [0.1, 0.15) is 0 Å². The van der Waals surface area contributed by atoms with Crippen LogP contribution < -0.4 is 0 Å². The number of hydrogen-bond acceptors (Lipinski definition) is 5. The van der Waals surface area contributed by atoms with Gasteiger partial charge >= 0.3 is 0 Å². The summed E-state index contributed by atoms with van der Waals surface area (Å²) in [5.41, 5.74) is 0.973. The van der Waals surface area contributed by atoms with Crippen molar-refractivity contribution in [3.05, 3.63) is 36.2 Å².